The average Bonchev–Trinajstić information content (AvgIpc) is 2.62. The lowest BCUT2D eigenvalue weighted by atomic mass is 10.1. The predicted molar refractivity (Wildman–Crippen MR) is 94.3 cm³/mol. The number of aryl methyl sites for hydroxylation is 1. The van der Waals surface area contributed by atoms with Crippen LogP contribution in [0.15, 0.2) is 54.6 Å². The van der Waals surface area contributed by atoms with Crippen molar-refractivity contribution < 1.29 is 9.59 Å². The summed E-state index contributed by atoms with van der Waals surface area (Å²) in [5, 5.41) is 0. The van der Waals surface area contributed by atoms with Gasteiger partial charge in [-0.3, -0.25) is 14.5 Å². The van der Waals surface area contributed by atoms with Crippen molar-refractivity contribution in [1.29, 1.82) is 0 Å². The molecule has 0 aromatic heterocycles. The van der Waals surface area contributed by atoms with Crippen LogP contribution in [0.5, 0.6) is 0 Å². The zero-order valence-electron chi connectivity index (χ0n) is 13.9. The number of Topliss-reactive ketones (excluding diaryl/α,β-unsaturated/α-hetero) is 1. The monoisotopic (exact) mass is 322 g/mol. The second kappa shape index (κ2) is 7.41. The van der Waals surface area contributed by atoms with Crippen molar-refractivity contribution in [1.82, 2.24) is 9.80 Å². The molecule has 2 aromatic carbocycles. The Hall–Kier alpha value is -2.46. The van der Waals surface area contributed by atoms with Gasteiger partial charge in [-0.1, -0.05) is 48.0 Å². The fraction of sp³-hybridized carbons (Fsp3) is 0.300. The molecule has 4 heteroatoms. The lowest BCUT2D eigenvalue weighted by Crippen LogP contribution is -2.49. The van der Waals surface area contributed by atoms with Gasteiger partial charge in [-0.05, 0) is 19.1 Å². The number of hydrogen-bond acceptors (Lipinski definition) is 3. The van der Waals surface area contributed by atoms with E-state index < -0.39 is 0 Å². The minimum absolute atomic E-state index is 0.0766. The molecule has 24 heavy (non-hydrogen) atoms. The zero-order valence-corrected chi connectivity index (χ0v) is 13.9. The summed E-state index contributed by atoms with van der Waals surface area (Å²) >= 11 is 0. The molecule has 4 nitrogen and oxygen atoms in total. The summed E-state index contributed by atoms with van der Waals surface area (Å²) in [6.45, 7) is 5.19. The van der Waals surface area contributed by atoms with Crippen molar-refractivity contribution in [2.45, 2.75) is 6.92 Å². The molecule has 0 spiro atoms. The topological polar surface area (TPSA) is 40.6 Å². The first-order valence-corrected chi connectivity index (χ1v) is 8.30. The summed E-state index contributed by atoms with van der Waals surface area (Å²) in [5.41, 5.74) is 2.58. The quantitative estimate of drug-likeness (QED) is 0.813. The summed E-state index contributed by atoms with van der Waals surface area (Å²) in [6, 6.07) is 17.1. The van der Waals surface area contributed by atoms with Gasteiger partial charge in [-0.25, -0.2) is 0 Å². The second-order valence-corrected chi connectivity index (χ2v) is 6.23. The van der Waals surface area contributed by atoms with Crippen LogP contribution in [0.25, 0.3) is 0 Å². The summed E-state index contributed by atoms with van der Waals surface area (Å²) in [7, 11) is 0. The molecule has 1 aliphatic heterocycles. The van der Waals surface area contributed by atoms with Gasteiger partial charge < -0.3 is 4.90 Å². The smallest absolute Gasteiger partial charge is 0.253 e. The molecule has 1 heterocycles. The summed E-state index contributed by atoms with van der Waals surface area (Å²) in [4.78, 5) is 28.8. The number of rotatable bonds is 4. The van der Waals surface area contributed by atoms with Crippen LogP contribution in [0.2, 0.25) is 0 Å². The highest BCUT2D eigenvalue weighted by Gasteiger charge is 2.23. The summed E-state index contributed by atoms with van der Waals surface area (Å²) < 4.78 is 0. The largest absolute Gasteiger partial charge is 0.336 e. The van der Waals surface area contributed by atoms with Gasteiger partial charge in [0.2, 0.25) is 0 Å². The summed E-state index contributed by atoms with van der Waals surface area (Å²) in [5.74, 6) is 0.210. The molecule has 1 saturated heterocycles. The van der Waals surface area contributed by atoms with E-state index in [4.69, 9.17) is 0 Å². The van der Waals surface area contributed by atoms with Gasteiger partial charge in [0.15, 0.2) is 5.78 Å². The van der Waals surface area contributed by atoms with E-state index in [1.54, 1.807) is 0 Å². The van der Waals surface area contributed by atoms with Crippen molar-refractivity contribution in [2.75, 3.05) is 32.7 Å². The van der Waals surface area contributed by atoms with Crippen LogP contribution in [0.3, 0.4) is 0 Å². The highest BCUT2D eigenvalue weighted by molar-refractivity contribution is 5.97. The van der Waals surface area contributed by atoms with E-state index in [9.17, 15) is 9.59 Å². The molecular weight excluding hydrogens is 300 g/mol. The molecule has 1 fully saturated rings. The molecule has 0 radical (unpaired) electrons. The van der Waals surface area contributed by atoms with E-state index in [2.05, 4.69) is 4.90 Å². The molecule has 1 amide bonds. The fourth-order valence-corrected chi connectivity index (χ4v) is 2.99. The number of carbonyl (C=O) groups excluding carboxylic acids is 2. The van der Waals surface area contributed by atoms with Crippen molar-refractivity contribution in [2.24, 2.45) is 0 Å². The third-order valence-electron chi connectivity index (χ3n) is 4.39. The molecule has 3 rings (SSSR count). The molecule has 0 unspecified atom stereocenters. The van der Waals surface area contributed by atoms with Gasteiger partial charge in [0.25, 0.3) is 5.91 Å². The highest BCUT2D eigenvalue weighted by atomic mass is 16.2. The van der Waals surface area contributed by atoms with Gasteiger partial charge in [-0.2, -0.15) is 0 Å². The normalized spacial score (nSPS) is 15.3. The SMILES string of the molecule is Cc1cccc(C(=O)N2CCN(CC(=O)c3ccccc3)CC2)c1. The molecule has 0 bridgehead atoms. The first-order chi connectivity index (χ1) is 11.6. The van der Waals surface area contributed by atoms with Gasteiger partial charge in [0, 0.05) is 37.3 Å². The maximum atomic E-state index is 12.5. The number of nitrogens with zero attached hydrogens (tertiary/aromatic N) is 2. The van der Waals surface area contributed by atoms with Gasteiger partial charge in [-0.15, -0.1) is 0 Å². The van der Waals surface area contributed by atoms with Crippen LogP contribution in [0.1, 0.15) is 26.3 Å². The molecule has 124 valence electrons. The standard InChI is InChI=1S/C20H22N2O2/c1-16-6-5-9-18(14-16)20(24)22-12-10-21(11-13-22)15-19(23)17-7-3-2-4-8-17/h2-9,14H,10-13,15H2,1H3. The lowest BCUT2D eigenvalue weighted by Gasteiger charge is -2.34. The van der Waals surface area contributed by atoms with E-state index in [-0.39, 0.29) is 11.7 Å². The molecule has 0 atom stereocenters. The molecule has 2 aromatic rings. The number of hydrogen-bond donors (Lipinski definition) is 0. The average molecular weight is 322 g/mol. The van der Waals surface area contributed by atoms with Crippen LogP contribution < -0.4 is 0 Å². The van der Waals surface area contributed by atoms with E-state index in [0.717, 1.165) is 29.8 Å². The third-order valence-corrected chi connectivity index (χ3v) is 4.39. The molecule has 1 aliphatic rings. The Kier molecular flexibility index (Phi) is 5.06. The zero-order chi connectivity index (χ0) is 16.9. The minimum atomic E-state index is 0.0766. The number of carbonyl (C=O) groups is 2. The van der Waals surface area contributed by atoms with Crippen molar-refractivity contribution in [3.05, 3.63) is 71.3 Å². The van der Waals surface area contributed by atoms with Crippen LogP contribution >= 0.6 is 0 Å². The van der Waals surface area contributed by atoms with Crippen molar-refractivity contribution >= 4 is 11.7 Å². The number of amides is 1. The summed E-state index contributed by atoms with van der Waals surface area (Å²) in [6.07, 6.45) is 0. The molecule has 0 aliphatic carbocycles. The first-order valence-electron chi connectivity index (χ1n) is 8.30. The van der Waals surface area contributed by atoms with Crippen molar-refractivity contribution in [3.63, 3.8) is 0 Å². The fourth-order valence-electron chi connectivity index (χ4n) is 2.99. The first kappa shape index (κ1) is 16.4. The van der Waals surface area contributed by atoms with Gasteiger partial charge in [0.05, 0.1) is 6.54 Å². The Labute approximate surface area is 142 Å². The van der Waals surface area contributed by atoms with Gasteiger partial charge in [0.1, 0.15) is 0 Å². The predicted octanol–water partition coefficient (Wildman–Crippen LogP) is 2.64. The van der Waals surface area contributed by atoms with Crippen LogP contribution in [0, 0.1) is 6.92 Å². The highest BCUT2D eigenvalue weighted by Crippen LogP contribution is 2.11. The number of benzene rings is 2. The third kappa shape index (κ3) is 3.89. The van der Waals surface area contributed by atoms with Crippen LogP contribution in [0.4, 0.5) is 0 Å². The minimum Gasteiger partial charge on any atom is -0.336 e. The Morgan fingerprint density at radius 2 is 1.54 bits per heavy atom. The Bertz CT molecular complexity index is 719. The van der Waals surface area contributed by atoms with Crippen molar-refractivity contribution in [3.8, 4) is 0 Å². The Morgan fingerprint density at radius 3 is 2.21 bits per heavy atom. The van der Waals surface area contributed by atoms with E-state index in [0.29, 0.717) is 19.6 Å². The Morgan fingerprint density at radius 1 is 0.875 bits per heavy atom. The maximum Gasteiger partial charge on any atom is 0.253 e. The number of ketones is 1. The Balaban J connectivity index is 1.54. The molecule has 0 saturated carbocycles. The van der Waals surface area contributed by atoms with Gasteiger partial charge >= 0.3 is 0 Å². The van der Waals surface area contributed by atoms with E-state index in [1.807, 2.05) is 66.4 Å². The second-order valence-electron chi connectivity index (χ2n) is 6.23. The number of piperazine rings is 1. The molecular formula is C20H22N2O2. The van der Waals surface area contributed by atoms with E-state index in [1.165, 1.54) is 0 Å². The molecule has 0 N–H and O–H groups in total. The van der Waals surface area contributed by atoms with E-state index >= 15 is 0 Å². The van der Waals surface area contributed by atoms with Crippen LogP contribution in [-0.4, -0.2) is 54.2 Å². The lowest BCUT2D eigenvalue weighted by molar-refractivity contribution is 0.0624. The maximum absolute atomic E-state index is 12.5. The van der Waals surface area contributed by atoms with Crippen LogP contribution in [-0.2, 0) is 0 Å².